The van der Waals surface area contributed by atoms with Gasteiger partial charge in [0, 0.05) is 12.7 Å². The molecule has 8 heteroatoms. The minimum Gasteiger partial charge on any atom is -0.280 e. The summed E-state index contributed by atoms with van der Waals surface area (Å²) in [5.41, 5.74) is 0.769. The van der Waals surface area contributed by atoms with E-state index in [1.165, 1.54) is 38.2 Å². The monoisotopic (exact) mass is 348 g/mol. The summed E-state index contributed by atoms with van der Waals surface area (Å²) in [6.07, 6.45) is 0. The first-order chi connectivity index (χ1) is 11.2. The van der Waals surface area contributed by atoms with Gasteiger partial charge >= 0.3 is 0 Å². The maximum Gasteiger partial charge on any atom is 0.262 e. The van der Waals surface area contributed by atoms with Gasteiger partial charge in [0.15, 0.2) is 0 Å². The van der Waals surface area contributed by atoms with Crippen LogP contribution in [0.1, 0.15) is 26.3 Å². The number of carbonyl (C=O) groups is 2. The number of nitrogens with one attached hydrogen (secondary N) is 1. The van der Waals surface area contributed by atoms with Crippen molar-refractivity contribution in [3.05, 3.63) is 58.9 Å². The molecule has 2 aromatic carbocycles. The first-order valence-electron chi connectivity index (χ1n) is 6.96. The van der Waals surface area contributed by atoms with Crippen LogP contribution in [0.5, 0.6) is 0 Å². The molecular weight excluding hydrogens is 335 g/mol. The van der Waals surface area contributed by atoms with Gasteiger partial charge in [0.2, 0.25) is 0 Å². The highest BCUT2D eigenvalue weighted by Gasteiger charge is 2.33. The van der Waals surface area contributed by atoms with E-state index in [1.807, 2.05) is 0 Å². The fourth-order valence-corrected chi connectivity index (χ4v) is 3.83. The first-order valence-corrected chi connectivity index (χ1v) is 8.44. The van der Waals surface area contributed by atoms with Crippen molar-refractivity contribution in [2.45, 2.75) is 11.8 Å². The van der Waals surface area contributed by atoms with Gasteiger partial charge in [-0.1, -0.05) is 0 Å². The lowest BCUT2D eigenvalue weighted by atomic mass is 10.1. The lowest BCUT2D eigenvalue weighted by Gasteiger charge is -2.11. The van der Waals surface area contributed by atoms with Gasteiger partial charge in [-0.15, -0.1) is 0 Å². The fourth-order valence-electron chi connectivity index (χ4n) is 2.55. The number of anilines is 1. The van der Waals surface area contributed by atoms with E-state index in [0.717, 1.165) is 17.0 Å². The zero-order valence-corrected chi connectivity index (χ0v) is 13.6. The molecule has 0 saturated carbocycles. The van der Waals surface area contributed by atoms with E-state index >= 15 is 0 Å². The average molecular weight is 348 g/mol. The number of carbonyl (C=O) groups excluding carboxylic acids is 2. The molecular formula is C16H13FN2O4S. The summed E-state index contributed by atoms with van der Waals surface area (Å²) in [5, 5.41) is 0. The number of hydrogen-bond acceptors (Lipinski definition) is 4. The maximum absolute atomic E-state index is 13.1. The normalized spacial score (nSPS) is 14.0. The van der Waals surface area contributed by atoms with E-state index in [1.54, 1.807) is 0 Å². The Kier molecular flexibility index (Phi) is 3.64. The zero-order valence-electron chi connectivity index (χ0n) is 12.8. The molecule has 2 aromatic rings. The number of imide groups is 1. The number of rotatable bonds is 3. The van der Waals surface area contributed by atoms with Gasteiger partial charge in [-0.2, -0.15) is 0 Å². The summed E-state index contributed by atoms with van der Waals surface area (Å²) in [4.78, 5) is 24.7. The van der Waals surface area contributed by atoms with E-state index in [4.69, 9.17) is 0 Å². The molecule has 0 bridgehead atoms. The molecule has 0 aliphatic carbocycles. The topological polar surface area (TPSA) is 83.6 Å². The van der Waals surface area contributed by atoms with Gasteiger partial charge in [-0.3, -0.25) is 19.2 Å². The van der Waals surface area contributed by atoms with E-state index < -0.39 is 27.7 Å². The van der Waals surface area contributed by atoms with Crippen LogP contribution in [0, 0.1) is 12.7 Å². The second-order valence-corrected chi connectivity index (χ2v) is 7.10. The molecule has 124 valence electrons. The molecule has 1 heterocycles. The Balaban J connectivity index is 1.98. The average Bonchev–Trinajstić information content (AvgIpc) is 2.71. The molecule has 0 aromatic heterocycles. The van der Waals surface area contributed by atoms with Crippen LogP contribution in [0.3, 0.4) is 0 Å². The SMILES string of the molecule is Cc1cc(F)ccc1S(=O)(=O)Nc1ccc2c(c1)C(=O)N(C)C2=O. The second kappa shape index (κ2) is 5.41. The Labute approximate surface area is 138 Å². The molecule has 0 spiro atoms. The number of halogens is 1. The molecule has 1 aliphatic rings. The Morgan fingerprint density at radius 2 is 1.67 bits per heavy atom. The molecule has 0 fully saturated rings. The van der Waals surface area contributed by atoms with Crippen molar-refractivity contribution >= 4 is 27.5 Å². The zero-order chi connectivity index (χ0) is 17.6. The highest BCUT2D eigenvalue weighted by Crippen LogP contribution is 2.26. The molecule has 0 atom stereocenters. The van der Waals surface area contributed by atoms with Crippen LogP contribution in [0.4, 0.5) is 10.1 Å². The van der Waals surface area contributed by atoms with Crippen LogP contribution in [0.2, 0.25) is 0 Å². The maximum atomic E-state index is 13.1. The van der Waals surface area contributed by atoms with E-state index in [0.29, 0.717) is 0 Å². The van der Waals surface area contributed by atoms with Crippen molar-refractivity contribution in [2.75, 3.05) is 11.8 Å². The van der Waals surface area contributed by atoms with Crippen LogP contribution in [-0.4, -0.2) is 32.2 Å². The summed E-state index contributed by atoms with van der Waals surface area (Å²) < 4.78 is 40.4. The molecule has 1 aliphatic heterocycles. The third-order valence-corrected chi connectivity index (χ3v) is 5.31. The van der Waals surface area contributed by atoms with Gasteiger partial charge in [0.25, 0.3) is 21.8 Å². The smallest absolute Gasteiger partial charge is 0.262 e. The molecule has 6 nitrogen and oxygen atoms in total. The highest BCUT2D eigenvalue weighted by molar-refractivity contribution is 7.92. The second-order valence-electron chi connectivity index (χ2n) is 5.45. The Morgan fingerprint density at radius 1 is 1.00 bits per heavy atom. The van der Waals surface area contributed by atoms with E-state index in [9.17, 15) is 22.4 Å². The van der Waals surface area contributed by atoms with Gasteiger partial charge in [-0.05, 0) is 48.9 Å². The van der Waals surface area contributed by atoms with Crippen molar-refractivity contribution in [3.8, 4) is 0 Å². The first kappa shape index (κ1) is 16.1. The van der Waals surface area contributed by atoms with Crippen molar-refractivity contribution < 1.29 is 22.4 Å². The minimum absolute atomic E-state index is 0.0658. The van der Waals surface area contributed by atoms with Crippen LogP contribution in [0.15, 0.2) is 41.3 Å². The van der Waals surface area contributed by atoms with Gasteiger partial charge in [0.1, 0.15) is 5.82 Å². The molecule has 0 radical (unpaired) electrons. The van der Waals surface area contributed by atoms with Crippen LogP contribution in [-0.2, 0) is 10.0 Å². The highest BCUT2D eigenvalue weighted by atomic mass is 32.2. The number of hydrogen-bond donors (Lipinski definition) is 1. The number of sulfonamides is 1. The summed E-state index contributed by atoms with van der Waals surface area (Å²) in [6.45, 7) is 1.48. The van der Waals surface area contributed by atoms with Crippen LogP contribution in [0.25, 0.3) is 0 Å². The predicted octanol–water partition coefficient (Wildman–Crippen LogP) is 2.16. The Hall–Kier alpha value is -2.74. The summed E-state index contributed by atoms with van der Waals surface area (Å²) in [5.74, 6) is -1.45. The molecule has 0 unspecified atom stereocenters. The lowest BCUT2D eigenvalue weighted by Crippen LogP contribution is -2.24. The minimum atomic E-state index is -3.95. The molecule has 2 amide bonds. The third kappa shape index (κ3) is 2.54. The van der Waals surface area contributed by atoms with Gasteiger partial charge in [-0.25, -0.2) is 12.8 Å². The van der Waals surface area contributed by atoms with Crippen LogP contribution >= 0.6 is 0 Å². The van der Waals surface area contributed by atoms with Crippen molar-refractivity contribution in [1.82, 2.24) is 4.90 Å². The van der Waals surface area contributed by atoms with Crippen molar-refractivity contribution in [2.24, 2.45) is 0 Å². The fraction of sp³-hybridized carbons (Fsp3) is 0.125. The molecule has 3 rings (SSSR count). The molecule has 0 saturated heterocycles. The van der Waals surface area contributed by atoms with E-state index in [-0.39, 0.29) is 27.3 Å². The molecule has 24 heavy (non-hydrogen) atoms. The predicted molar refractivity (Wildman–Crippen MR) is 84.8 cm³/mol. The van der Waals surface area contributed by atoms with Gasteiger partial charge in [0.05, 0.1) is 16.0 Å². The number of aryl methyl sites for hydroxylation is 1. The standard InChI is InChI=1S/C16H13FN2O4S/c1-9-7-10(17)3-6-14(9)24(22,23)18-11-4-5-12-13(8-11)16(21)19(2)15(12)20/h3-8,18H,1-2H3. The van der Waals surface area contributed by atoms with Crippen molar-refractivity contribution in [1.29, 1.82) is 0 Å². The lowest BCUT2D eigenvalue weighted by molar-refractivity contribution is 0.0693. The van der Waals surface area contributed by atoms with Crippen molar-refractivity contribution in [3.63, 3.8) is 0 Å². The number of fused-ring (bicyclic) bond motifs is 1. The molecule has 1 N–H and O–H groups in total. The Bertz CT molecular complexity index is 986. The summed E-state index contributed by atoms with van der Waals surface area (Å²) >= 11 is 0. The number of benzene rings is 2. The third-order valence-electron chi connectivity index (χ3n) is 3.77. The summed E-state index contributed by atoms with van der Waals surface area (Å²) in [6, 6.07) is 7.46. The Morgan fingerprint density at radius 3 is 2.33 bits per heavy atom. The van der Waals surface area contributed by atoms with Gasteiger partial charge < -0.3 is 0 Å². The quantitative estimate of drug-likeness (QED) is 0.862. The number of nitrogens with zero attached hydrogens (tertiary/aromatic N) is 1. The van der Waals surface area contributed by atoms with E-state index in [2.05, 4.69) is 4.72 Å². The largest absolute Gasteiger partial charge is 0.280 e. The van der Waals surface area contributed by atoms with Crippen LogP contribution < -0.4 is 4.72 Å². The number of amides is 2. The summed E-state index contributed by atoms with van der Waals surface area (Å²) in [7, 11) is -2.59.